The van der Waals surface area contributed by atoms with E-state index in [1.807, 2.05) is 23.5 Å². The molecule has 3 heteroatoms. The topological polar surface area (TPSA) is 12.0 Å². The van der Waals surface area contributed by atoms with Crippen molar-refractivity contribution < 1.29 is 0 Å². The third-order valence-corrected chi connectivity index (χ3v) is 3.11. The van der Waals surface area contributed by atoms with Crippen molar-refractivity contribution in [1.29, 1.82) is 0 Å². The summed E-state index contributed by atoms with van der Waals surface area (Å²) in [6.45, 7) is 3.45. The summed E-state index contributed by atoms with van der Waals surface area (Å²) in [5, 5.41) is 3.53. The van der Waals surface area contributed by atoms with Gasteiger partial charge >= 0.3 is 0 Å². The Labute approximate surface area is 85.5 Å². The fraction of sp³-hybridized carbons (Fsp3) is 1.00. The second-order valence-corrected chi connectivity index (χ2v) is 4.95. The van der Waals surface area contributed by atoms with Gasteiger partial charge in [-0.1, -0.05) is 0 Å². The number of rotatable bonds is 8. The fourth-order valence-corrected chi connectivity index (χ4v) is 1.98. The summed E-state index contributed by atoms with van der Waals surface area (Å²) in [6.07, 6.45) is 6.92. The predicted octanol–water partition coefficient (Wildman–Crippen LogP) is 2.47. The molecule has 0 heterocycles. The van der Waals surface area contributed by atoms with Gasteiger partial charge in [0.15, 0.2) is 0 Å². The molecule has 0 aromatic heterocycles. The average Bonchev–Trinajstić information content (AvgIpc) is 2.09. The molecule has 0 fully saturated rings. The van der Waals surface area contributed by atoms with E-state index in [1.54, 1.807) is 0 Å². The average molecular weight is 207 g/mol. The second-order valence-electron chi connectivity index (χ2n) is 2.98. The Morgan fingerprint density at radius 1 is 1.17 bits per heavy atom. The molecule has 0 amide bonds. The van der Waals surface area contributed by atoms with Crippen LogP contribution in [0, 0.1) is 0 Å². The highest BCUT2D eigenvalue weighted by Crippen LogP contribution is 2.00. The molecule has 0 rings (SSSR count). The molecule has 0 aliphatic carbocycles. The van der Waals surface area contributed by atoms with Crippen LogP contribution in [0.5, 0.6) is 0 Å². The Kier molecular flexibility index (Phi) is 10.3. The molecule has 12 heavy (non-hydrogen) atoms. The molecular formula is C9H21NS2. The number of hydrogen-bond donors (Lipinski definition) is 1. The molecule has 0 aromatic rings. The van der Waals surface area contributed by atoms with Crippen LogP contribution in [-0.4, -0.2) is 36.6 Å². The summed E-state index contributed by atoms with van der Waals surface area (Å²) in [4.78, 5) is 0. The Morgan fingerprint density at radius 2 is 1.83 bits per heavy atom. The molecule has 1 N–H and O–H groups in total. The third kappa shape index (κ3) is 8.75. The molecule has 0 bridgehead atoms. The van der Waals surface area contributed by atoms with Crippen molar-refractivity contribution in [1.82, 2.24) is 5.32 Å². The minimum Gasteiger partial charge on any atom is -0.314 e. The van der Waals surface area contributed by atoms with Crippen LogP contribution in [0.15, 0.2) is 0 Å². The first-order valence-electron chi connectivity index (χ1n) is 4.52. The lowest BCUT2D eigenvalue weighted by atomic mass is 10.2. The van der Waals surface area contributed by atoms with E-state index in [4.69, 9.17) is 0 Å². The van der Waals surface area contributed by atoms with Crippen molar-refractivity contribution in [2.45, 2.75) is 25.8 Å². The van der Waals surface area contributed by atoms with Gasteiger partial charge in [-0.3, -0.25) is 0 Å². The summed E-state index contributed by atoms with van der Waals surface area (Å²) in [6, 6.07) is 0.694. The van der Waals surface area contributed by atoms with Crippen LogP contribution in [-0.2, 0) is 0 Å². The van der Waals surface area contributed by atoms with Crippen molar-refractivity contribution >= 4 is 23.5 Å². The van der Waals surface area contributed by atoms with E-state index in [0.717, 1.165) is 0 Å². The van der Waals surface area contributed by atoms with E-state index in [-0.39, 0.29) is 0 Å². The van der Waals surface area contributed by atoms with Gasteiger partial charge in [0.05, 0.1) is 0 Å². The highest BCUT2D eigenvalue weighted by molar-refractivity contribution is 7.98. The number of nitrogens with one attached hydrogen (secondary N) is 1. The van der Waals surface area contributed by atoms with Gasteiger partial charge in [0, 0.05) is 6.04 Å². The van der Waals surface area contributed by atoms with Crippen LogP contribution >= 0.6 is 23.5 Å². The molecule has 1 atom stereocenters. The van der Waals surface area contributed by atoms with E-state index >= 15 is 0 Å². The molecule has 1 unspecified atom stereocenters. The normalized spacial score (nSPS) is 13.2. The van der Waals surface area contributed by atoms with Gasteiger partial charge < -0.3 is 5.32 Å². The Hall–Kier alpha value is 0.660. The third-order valence-electron chi connectivity index (χ3n) is 1.77. The number of thioether (sulfide) groups is 2. The Bertz CT molecular complexity index is 88.6. The van der Waals surface area contributed by atoms with E-state index in [1.165, 1.54) is 30.9 Å². The van der Waals surface area contributed by atoms with Crippen molar-refractivity contribution in [2.75, 3.05) is 30.6 Å². The molecule has 0 aliphatic heterocycles. The van der Waals surface area contributed by atoms with Gasteiger partial charge in [-0.15, -0.1) is 0 Å². The van der Waals surface area contributed by atoms with Gasteiger partial charge in [0.25, 0.3) is 0 Å². The van der Waals surface area contributed by atoms with Crippen LogP contribution in [0.2, 0.25) is 0 Å². The van der Waals surface area contributed by atoms with E-state index in [9.17, 15) is 0 Å². The monoisotopic (exact) mass is 207 g/mol. The lowest BCUT2D eigenvalue weighted by Crippen LogP contribution is -2.27. The van der Waals surface area contributed by atoms with Crippen LogP contribution in [0.25, 0.3) is 0 Å². The summed E-state index contributed by atoms with van der Waals surface area (Å²) in [5.74, 6) is 2.55. The molecule has 74 valence electrons. The maximum atomic E-state index is 3.53. The van der Waals surface area contributed by atoms with Gasteiger partial charge in [0.1, 0.15) is 0 Å². The fourth-order valence-electron chi connectivity index (χ4n) is 0.962. The smallest absolute Gasteiger partial charge is 0.00465 e. The van der Waals surface area contributed by atoms with E-state index in [0.29, 0.717) is 6.04 Å². The lowest BCUT2D eigenvalue weighted by molar-refractivity contribution is 0.537. The second kappa shape index (κ2) is 9.75. The zero-order valence-electron chi connectivity index (χ0n) is 8.43. The van der Waals surface area contributed by atoms with E-state index in [2.05, 4.69) is 24.8 Å². The highest BCUT2D eigenvalue weighted by atomic mass is 32.2. The zero-order chi connectivity index (χ0) is 9.23. The van der Waals surface area contributed by atoms with Gasteiger partial charge in [-0.05, 0) is 50.3 Å². The first-order chi connectivity index (χ1) is 5.81. The molecule has 0 spiro atoms. The quantitative estimate of drug-likeness (QED) is 0.614. The molecule has 0 saturated carbocycles. The predicted molar refractivity (Wildman–Crippen MR) is 63.5 cm³/mol. The van der Waals surface area contributed by atoms with Gasteiger partial charge in [0.2, 0.25) is 0 Å². The molecule has 0 aliphatic rings. The minimum atomic E-state index is 0.694. The van der Waals surface area contributed by atoms with Crippen molar-refractivity contribution in [2.24, 2.45) is 0 Å². The van der Waals surface area contributed by atoms with Crippen LogP contribution in [0.3, 0.4) is 0 Å². The summed E-state index contributed by atoms with van der Waals surface area (Å²) >= 11 is 3.86. The van der Waals surface area contributed by atoms with E-state index < -0.39 is 0 Å². The lowest BCUT2D eigenvalue weighted by Gasteiger charge is -2.12. The summed E-state index contributed by atoms with van der Waals surface area (Å²) in [7, 11) is 0. The maximum absolute atomic E-state index is 3.53. The van der Waals surface area contributed by atoms with Crippen LogP contribution < -0.4 is 5.32 Å². The first kappa shape index (κ1) is 12.7. The molecule has 1 nitrogen and oxygen atoms in total. The first-order valence-corrected chi connectivity index (χ1v) is 7.31. The molecular weight excluding hydrogens is 186 g/mol. The van der Waals surface area contributed by atoms with Gasteiger partial charge in [-0.2, -0.15) is 23.5 Å². The standard InChI is InChI=1S/C9H21NS2/c1-9(5-8-12-3)10-6-4-7-11-2/h9-10H,4-8H2,1-3H3. The molecule has 0 saturated heterocycles. The molecule has 0 aromatic carbocycles. The van der Waals surface area contributed by atoms with Crippen LogP contribution in [0.1, 0.15) is 19.8 Å². The largest absolute Gasteiger partial charge is 0.314 e. The Balaban J connectivity index is 3.02. The van der Waals surface area contributed by atoms with Crippen molar-refractivity contribution in [3.05, 3.63) is 0 Å². The zero-order valence-corrected chi connectivity index (χ0v) is 10.1. The number of hydrogen-bond acceptors (Lipinski definition) is 3. The highest BCUT2D eigenvalue weighted by Gasteiger charge is 1.98. The molecule has 0 radical (unpaired) electrons. The van der Waals surface area contributed by atoms with Crippen molar-refractivity contribution in [3.63, 3.8) is 0 Å². The van der Waals surface area contributed by atoms with Crippen LogP contribution in [0.4, 0.5) is 0 Å². The van der Waals surface area contributed by atoms with Crippen molar-refractivity contribution in [3.8, 4) is 0 Å². The van der Waals surface area contributed by atoms with Gasteiger partial charge in [-0.25, -0.2) is 0 Å². The SMILES string of the molecule is CSCCCNC(C)CCSC. The Morgan fingerprint density at radius 3 is 2.42 bits per heavy atom. The summed E-state index contributed by atoms with van der Waals surface area (Å²) in [5.41, 5.74) is 0. The maximum Gasteiger partial charge on any atom is 0.00465 e. The minimum absolute atomic E-state index is 0.694. The summed E-state index contributed by atoms with van der Waals surface area (Å²) < 4.78 is 0.